The third-order valence-corrected chi connectivity index (χ3v) is 4.40. The highest BCUT2D eigenvalue weighted by atomic mass is 35.5. The first-order valence-electron chi connectivity index (χ1n) is 4.51. The molecular weight excluding hydrogens is 268 g/mol. The Bertz CT molecular complexity index is 463. The zero-order valence-electron chi connectivity index (χ0n) is 8.73. The summed E-state index contributed by atoms with van der Waals surface area (Å²) in [6.45, 7) is 0.370. The highest BCUT2D eigenvalue weighted by Crippen LogP contribution is 2.23. The van der Waals surface area contributed by atoms with Crippen molar-refractivity contribution in [3.05, 3.63) is 23.2 Å². The molecule has 4 nitrogen and oxygen atoms in total. The van der Waals surface area contributed by atoms with Gasteiger partial charge in [-0.15, -0.1) is 0 Å². The summed E-state index contributed by atoms with van der Waals surface area (Å²) in [4.78, 5) is 0.0234. The van der Waals surface area contributed by atoms with Gasteiger partial charge in [-0.05, 0) is 24.5 Å². The predicted molar refractivity (Wildman–Crippen MR) is 69.4 cm³/mol. The van der Waals surface area contributed by atoms with Crippen LogP contribution in [0.15, 0.2) is 23.1 Å². The molecule has 0 amide bonds. The van der Waals surface area contributed by atoms with Crippen LogP contribution >= 0.6 is 23.4 Å². The average Bonchev–Trinajstić information content (AvgIpc) is 2.22. The molecule has 0 aliphatic carbocycles. The highest BCUT2D eigenvalue weighted by Gasteiger charge is 2.17. The van der Waals surface area contributed by atoms with Gasteiger partial charge in [0.05, 0.1) is 5.02 Å². The third-order valence-electron chi connectivity index (χ3n) is 1.84. The van der Waals surface area contributed by atoms with Crippen molar-refractivity contribution >= 4 is 39.1 Å². The van der Waals surface area contributed by atoms with Crippen molar-refractivity contribution in [3.8, 4) is 0 Å². The van der Waals surface area contributed by atoms with E-state index in [1.165, 1.54) is 12.1 Å². The van der Waals surface area contributed by atoms with Gasteiger partial charge in [0.25, 0.3) is 0 Å². The van der Waals surface area contributed by atoms with Crippen molar-refractivity contribution in [2.45, 2.75) is 4.90 Å². The zero-order valence-corrected chi connectivity index (χ0v) is 11.1. The van der Waals surface area contributed by atoms with Crippen LogP contribution < -0.4 is 10.5 Å². The maximum atomic E-state index is 11.8. The van der Waals surface area contributed by atoms with E-state index in [9.17, 15) is 8.42 Å². The minimum Gasteiger partial charge on any atom is -0.399 e. The van der Waals surface area contributed by atoms with Crippen LogP contribution in [-0.4, -0.2) is 27.0 Å². The van der Waals surface area contributed by atoms with Crippen molar-refractivity contribution in [2.24, 2.45) is 0 Å². The second-order valence-electron chi connectivity index (χ2n) is 3.08. The summed E-state index contributed by atoms with van der Waals surface area (Å²) in [6, 6.07) is 4.38. The fourth-order valence-corrected chi connectivity index (χ4v) is 3.08. The van der Waals surface area contributed by atoms with E-state index in [1.54, 1.807) is 17.8 Å². The SMILES string of the molecule is CSCCNS(=O)(=O)c1cc(N)ccc1Cl. The van der Waals surface area contributed by atoms with Crippen LogP contribution in [-0.2, 0) is 10.0 Å². The Morgan fingerprint density at radius 2 is 2.19 bits per heavy atom. The molecule has 0 radical (unpaired) electrons. The van der Waals surface area contributed by atoms with Gasteiger partial charge in [0.2, 0.25) is 10.0 Å². The number of anilines is 1. The Morgan fingerprint density at radius 1 is 1.50 bits per heavy atom. The normalized spacial score (nSPS) is 11.6. The standard InChI is InChI=1S/C9H13ClN2O2S2/c1-15-5-4-12-16(13,14)9-6-7(11)2-3-8(9)10/h2-3,6,12H,4-5,11H2,1H3. The van der Waals surface area contributed by atoms with Gasteiger partial charge in [-0.25, -0.2) is 13.1 Å². The number of benzene rings is 1. The molecule has 0 saturated carbocycles. The molecule has 0 aliphatic rings. The highest BCUT2D eigenvalue weighted by molar-refractivity contribution is 7.98. The van der Waals surface area contributed by atoms with E-state index >= 15 is 0 Å². The molecule has 0 spiro atoms. The van der Waals surface area contributed by atoms with E-state index in [-0.39, 0.29) is 9.92 Å². The molecule has 0 bridgehead atoms. The monoisotopic (exact) mass is 280 g/mol. The molecule has 7 heteroatoms. The number of nitrogen functional groups attached to an aromatic ring is 1. The molecule has 0 aliphatic heterocycles. The molecule has 0 saturated heterocycles. The van der Waals surface area contributed by atoms with E-state index < -0.39 is 10.0 Å². The van der Waals surface area contributed by atoms with Crippen LogP contribution in [0.1, 0.15) is 0 Å². The van der Waals surface area contributed by atoms with Gasteiger partial charge in [0.15, 0.2) is 0 Å². The van der Waals surface area contributed by atoms with Crippen molar-refractivity contribution in [1.82, 2.24) is 4.72 Å². The summed E-state index contributed by atoms with van der Waals surface area (Å²) in [5.41, 5.74) is 5.89. The number of rotatable bonds is 5. The summed E-state index contributed by atoms with van der Waals surface area (Å²) < 4.78 is 26.1. The fourth-order valence-electron chi connectivity index (χ4n) is 1.08. The lowest BCUT2D eigenvalue weighted by Crippen LogP contribution is -2.26. The molecule has 16 heavy (non-hydrogen) atoms. The van der Waals surface area contributed by atoms with Crippen LogP contribution in [0.2, 0.25) is 5.02 Å². The Labute approximate surface area is 105 Å². The number of nitrogens with one attached hydrogen (secondary N) is 1. The molecule has 1 aromatic carbocycles. The first kappa shape index (κ1) is 13.6. The largest absolute Gasteiger partial charge is 0.399 e. The molecule has 0 fully saturated rings. The van der Waals surface area contributed by atoms with Crippen LogP contribution in [0.5, 0.6) is 0 Å². The lowest BCUT2D eigenvalue weighted by molar-refractivity contribution is 0.584. The third kappa shape index (κ3) is 3.55. The van der Waals surface area contributed by atoms with Gasteiger partial charge in [0.1, 0.15) is 4.90 Å². The summed E-state index contributed by atoms with van der Waals surface area (Å²) in [7, 11) is -3.56. The van der Waals surface area contributed by atoms with Gasteiger partial charge in [-0.3, -0.25) is 0 Å². The molecule has 0 unspecified atom stereocenters. The van der Waals surface area contributed by atoms with Gasteiger partial charge in [-0.2, -0.15) is 11.8 Å². The van der Waals surface area contributed by atoms with Crippen molar-refractivity contribution in [1.29, 1.82) is 0 Å². The molecule has 0 atom stereocenters. The molecule has 3 N–H and O–H groups in total. The summed E-state index contributed by atoms with van der Waals surface area (Å²) in [5.74, 6) is 0.708. The number of halogens is 1. The van der Waals surface area contributed by atoms with Gasteiger partial charge in [0, 0.05) is 18.0 Å². The van der Waals surface area contributed by atoms with E-state index in [1.807, 2.05) is 6.26 Å². The minimum absolute atomic E-state index is 0.0234. The quantitative estimate of drug-likeness (QED) is 0.634. The first-order chi connectivity index (χ1) is 7.47. The van der Waals surface area contributed by atoms with Crippen molar-refractivity contribution in [3.63, 3.8) is 0 Å². The van der Waals surface area contributed by atoms with Crippen molar-refractivity contribution in [2.75, 3.05) is 24.3 Å². The van der Waals surface area contributed by atoms with Gasteiger partial charge < -0.3 is 5.73 Å². The second-order valence-corrected chi connectivity index (χ2v) is 6.21. The van der Waals surface area contributed by atoms with Crippen LogP contribution in [0.4, 0.5) is 5.69 Å². The second kappa shape index (κ2) is 5.77. The van der Waals surface area contributed by atoms with Crippen LogP contribution in [0, 0.1) is 0 Å². The van der Waals surface area contributed by atoms with E-state index in [4.69, 9.17) is 17.3 Å². The molecule has 0 heterocycles. The number of nitrogens with two attached hydrogens (primary N) is 1. The first-order valence-corrected chi connectivity index (χ1v) is 7.76. The maximum Gasteiger partial charge on any atom is 0.242 e. The Balaban J connectivity index is 2.93. The fraction of sp³-hybridized carbons (Fsp3) is 0.333. The van der Waals surface area contributed by atoms with E-state index in [0.717, 1.165) is 0 Å². The van der Waals surface area contributed by atoms with E-state index in [0.29, 0.717) is 18.0 Å². The number of sulfonamides is 1. The van der Waals surface area contributed by atoms with Crippen LogP contribution in [0.3, 0.4) is 0 Å². The molecule has 1 aromatic rings. The van der Waals surface area contributed by atoms with E-state index in [2.05, 4.69) is 4.72 Å². The average molecular weight is 281 g/mol. The van der Waals surface area contributed by atoms with Crippen LogP contribution in [0.25, 0.3) is 0 Å². The van der Waals surface area contributed by atoms with Gasteiger partial charge >= 0.3 is 0 Å². The molecule has 90 valence electrons. The minimum atomic E-state index is -3.56. The summed E-state index contributed by atoms with van der Waals surface area (Å²) >= 11 is 7.37. The number of hydrogen-bond donors (Lipinski definition) is 2. The lowest BCUT2D eigenvalue weighted by atomic mass is 10.3. The lowest BCUT2D eigenvalue weighted by Gasteiger charge is -2.08. The number of thioether (sulfide) groups is 1. The molecular formula is C9H13ClN2O2S2. The zero-order chi connectivity index (χ0) is 12.2. The Morgan fingerprint density at radius 3 is 2.81 bits per heavy atom. The van der Waals surface area contributed by atoms with Gasteiger partial charge in [-0.1, -0.05) is 11.6 Å². The molecule has 1 rings (SSSR count). The number of hydrogen-bond acceptors (Lipinski definition) is 4. The Kier molecular flexibility index (Phi) is 4.91. The topological polar surface area (TPSA) is 72.2 Å². The summed E-state index contributed by atoms with van der Waals surface area (Å²) in [5, 5.41) is 0.172. The van der Waals surface area contributed by atoms with Crippen molar-refractivity contribution < 1.29 is 8.42 Å². The smallest absolute Gasteiger partial charge is 0.242 e. The summed E-state index contributed by atoms with van der Waals surface area (Å²) in [6.07, 6.45) is 1.90. The predicted octanol–water partition coefficient (Wildman–Crippen LogP) is 1.56. The Hall–Kier alpha value is -0.430. The maximum absolute atomic E-state index is 11.8. The molecule has 0 aromatic heterocycles.